The van der Waals surface area contributed by atoms with Crippen molar-refractivity contribution in [2.45, 2.75) is 24.7 Å². The first kappa shape index (κ1) is 20.1. The lowest BCUT2D eigenvalue weighted by molar-refractivity contribution is -0.275. The van der Waals surface area contributed by atoms with Crippen LogP contribution < -0.4 is 5.32 Å². The number of rotatable bonds is 5. The van der Waals surface area contributed by atoms with Crippen molar-refractivity contribution in [3.05, 3.63) is 87.9 Å². The minimum absolute atomic E-state index is 0.00529. The second kappa shape index (κ2) is 7.91. The van der Waals surface area contributed by atoms with E-state index in [1.165, 1.54) is 35.6 Å². The lowest BCUT2D eigenvalue weighted by Gasteiger charge is -2.29. The van der Waals surface area contributed by atoms with E-state index in [1.807, 2.05) is 5.38 Å². The van der Waals surface area contributed by atoms with Crippen LogP contribution in [0.1, 0.15) is 33.6 Å². The van der Waals surface area contributed by atoms with Crippen molar-refractivity contribution < 1.29 is 22.8 Å². The highest BCUT2D eigenvalue weighted by atomic mass is 32.1. The summed E-state index contributed by atoms with van der Waals surface area (Å²) in [5.74, 6) is -0.298. The fourth-order valence-corrected chi connectivity index (χ4v) is 3.74. The van der Waals surface area contributed by atoms with Gasteiger partial charge in [-0.25, -0.2) is 4.98 Å². The largest absolute Gasteiger partial charge is 0.435 e. The first-order chi connectivity index (χ1) is 14.4. The van der Waals surface area contributed by atoms with Gasteiger partial charge in [-0.3, -0.25) is 4.79 Å². The molecule has 0 aliphatic carbocycles. The summed E-state index contributed by atoms with van der Waals surface area (Å²) < 4.78 is 41.7. The highest BCUT2D eigenvalue weighted by Gasteiger charge is 2.62. The number of halogens is 3. The van der Waals surface area contributed by atoms with Crippen LogP contribution in [0, 0.1) is 0 Å². The highest BCUT2D eigenvalue weighted by Crippen LogP contribution is 2.48. The Morgan fingerprint density at radius 2 is 1.87 bits per heavy atom. The minimum Gasteiger partial charge on any atom is -0.374 e. The SMILES string of the molecule is O=C(NCc1cscn1)c1ccc(C2=NOC(c3ccccc3)(C(F)(F)F)C2)cc1. The summed E-state index contributed by atoms with van der Waals surface area (Å²) in [5, 5.41) is 8.32. The molecule has 0 radical (unpaired) electrons. The molecule has 1 atom stereocenters. The molecule has 9 heteroatoms. The van der Waals surface area contributed by atoms with Crippen molar-refractivity contribution in [2.75, 3.05) is 0 Å². The third-order valence-electron chi connectivity index (χ3n) is 4.82. The molecule has 4 rings (SSSR count). The number of nitrogens with zero attached hydrogens (tertiary/aromatic N) is 2. The average Bonchev–Trinajstić information content (AvgIpc) is 3.43. The molecule has 1 aromatic heterocycles. The molecule has 1 unspecified atom stereocenters. The Bertz CT molecular complexity index is 1050. The molecule has 0 spiro atoms. The molecular weight excluding hydrogens is 415 g/mol. The summed E-state index contributed by atoms with van der Waals surface area (Å²) in [4.78, 5) is 21.3. The number of alkyl halides is 3. The Kier molecular flexibility index (Phi) is 5.29. The third kappa shape index (κ3) is 3.80. The highest BCUT2D eigenvalue weighted by molar-refractivity contribution is 7.07. The van der Waals surface area contributed by atoms with Crippen LogP contribution in [0.5, 0.6) is 0 Å². The monoisotopic (exact) mass is 431 g/mol. The number of oxime groups is 1. The second-order valence-electron chi connectivity index (χ2n) is 6.74. The van der Waals surface area contributed by atoms with Crippen molar-refractivity contribution in [2.24, 2.45) is 5.16 Å². The number of carbonyl (C=O) groups is 1. The number of nitrogens with one attached hydrogen (secondary N) is 1. The number of thiazole rings is 1. The summed E-state index contributed by atoms with van der Waals surface area (Å²) in [6.07, 6.45) is -5.09. The average molecular weight is 431 g/mol. The van der Waals surface area contributed by atoms with E-state index in [0.717, 1.165) is 5.69 Å². The van der Waals surface area contributed by atoms with Gasteiger partial charge in [0.1, 0.15) is 0 Å². The first-order valence-corrected chi connectivity index (χ1v) is 9.96. The molecular formula is C21H16F3N3O2S. The van der Waals surface area contributed by atoms with Gasteiger partial charge in [-0.05, 0) is 17.7 Å². The fourth-order valence-electron chi connectivity index (χ4n) is 3.18. The molecule has 1 aliphatic heterocycles. The smallest absolute Gasteiger partial charge is 0.374 e. The van der Waals surface area contributed by atoms with Crippen LogP contribution in [0.4, 0.5) is 13.2 Å². The van der Waals surface area contributed by atoms with Crippen molar-refractivity contribution >= 4 is 23.0 Å². The van der Waals surface area contributed by atoms with E-state index in [0.29, 0.717) is 17.7 Å². The molecule has 3 aromatic rings. The lowest BCUT2D eigenvalue weighted by atomic mass is 9.86. The maximum absolute atomic E-state index is 13.9. The summed E-state index contributed by atoms with van der Waals surface area (Å²) >= 11 is 1.44. The maximum atomic E-state index is 13.9. The quantitative estimate of drug-likeness (QED) is 0.639. The van der Waals surface area contributed by atoms with E-state index in [-0.39, 0.29) is 17.2 Å². The van der Waals surface area contributed by atoms with Gasteiger partial charge in [0.25, 0.3) is 11.5 Å². The number of amides is 1. The summed E-state index contributed by atoms with van der Waals surface area (Å²) in [6, 6.07) is 13.7. The Morgan fingerprint density at radius 3 is 2.50 bits per heavy atom. The molecule has 2 heterocycles. The molecule has 0 saturated carbocycles. The molecule has 2 aromatic carbocycles. The predicted octanol–water partition coefficient (Wildman–Crippen LogP) is 4.66. The summed E-state index contributed by atoms with van der Waals surface area (Å²) in [7, 11) is 0. The molecule has 0 bridgehead atoms. The minimum atomic E-state index is -4.64. The van der Waals surface area contributed by atoms with Gasteiger partial charge in [0.05, 0.1) is 23.5 Å². The van der Waals surface area contributed by atoms with Gasteiger partial charge in [-0.15, -0.1) is 11.3 Å². The van der Waals surface area contributed by atoms with Gasteiger partial charge in [-0.1, -0.05) is 47.6 Å². The van der Waals surface area contributed by atoms with Crippen LogP contribution in [-0.4, -0.2) is 22.8 Å². The molecule has 5 nitrogen and oxygen atoms in total. The van der Waals surface area contributed by atoms with Gasteiger partial charge >= 0.3 is 6.18 Å². The van der Waals surface area contributed by atoms with Gasteiger partial charge < -0.3 is 10.2 Å². The third-order valence-corrected chi connectivity index (χ3v) is 5.46. The number of carbonyl (C=O) groups excluding carboxylic acids is 1. The van der Waals surface area contributed by atoms with Crippen LogP contribution in [0.2, 0.25) is 0 Å². The van der Waals surface area contributed by atoms with E-state index in [2.05, 4.69) is 15.5 Å². The Labute approximate surface area is 174 Å². The first-order valence-electron chi connectivity index (χ1n) is 9.02. The number of aromatic nitrogens is 1. The van der Waals surface area contributed by atoms with Crippen molar-refractivity contribution in [1.82, 2.24) is 10.3 Å². The Balaban J connectivity index is 1.49. The molecule has 1 N–H and O–H groups in total. The van der Waals surface area contributed by atoms with Gasteiger partial charge in [0.2, 0.25) is 0 Å². The maximum Gasteiger partial charge on any atom is 0.435 e. The number of hydrogen-bond acceptors (Lipinski definition) is 5. The summed E-state index contributed by atoms with van der Waals surface area (Å²) in [6.45, 7) is 0.301. The number of benzene rings is 2. The van der Waals surface area contributed by atoms with Crippen LogP contribution in [0.3, 0.4) is 0 Å². The van der Waals surface area contributed by atoms with Crippen molar-refractivity contribution in [3.63, 3.8) is 0 Å². The van der Waals surface area contributed by atoms with E-state index >= 15 is 0 Å². The zero-order chi connectivity index (χ0) is 21.2. The van der Waals surface area contributed by atoms with Gasteiger partial charge in [0.15, 0.2) is 0 Å². The van der Waals surface area contributed by atoms with Gasteiger partial charge in [-0.2, -0.15) is 13.2 Å². The van der Waals surface area contributed by atoms with Crippen LogP contribution >= 0.6 is 11.3 Å². The Hall–Kier alpha value is -3.20. The lowest BCUT2D eigenvalue weighted by Crippen LogP contribution is -2.42. The van der Waals surface area contributed by atoms with Gasteiger partial charge in [0, 0.05) is 22.9 Å². The van der Waals surface area contributed by atoms with Crippen molar-refractivity contribution in [1.29, 1.82) is 0 Å². The van der Waals surface area contributed by atoms with E-state index < -0.39 is 18.2 Å². The standard InChI is InChI=1S/C21H16F3N3O2S/c22-21(23,24)20(16-4-2-1-3-5-16)10-18(27-29-20)14-6-8-15(9-7-14)19(28)25-11-17-12-30-13-26-17/h1-9,12-13H,10-11H2,(H,25,28). The van der Waals surface area contributed by atoms with Crippen molar-refractivity contribution in [3.8, 4) is 0 Å². The Morgan fingerprint density at radius 1 is 1.13 bits per heavy atom. The predicted molar refractivity (Wildman–Crippen MR) is 106 cm³/mol. The molecule has 0 saturated heterocycles. The zero-order valence-electron chi connectivity index (χ0n) is 15.5. The van der Waals surface area contributed by atoms with E-state index in [4.69, 9.17) is 4.84 Å². The molecule has 1 amide bonds. The summed E-state index contributed by atoms with van der Waals surface area (Å²) in [5.41, 5.74) is 0.933. The van der Waals surface area contributed by atoms with Crippen LogP contribution in [0.15, 0.2) is 70.6 Å². The van der Waals surface area contributed by atoms with Crippen LogP contribution in [0.25, 0.3) is 0 Å². The zero-order valence-corrected chi connectivity index (χ0v) is 16.3. The van der Waals surface area contributed by atoms with E-state index in [9.17, 15) is 18.0 Å². The molecule has 30 heavy (non-hydrogen) atoms. The fraction of sp³-hybridized carbons (Fsp3) is 0.190. The molecule has 0 fully saturated rings. The van der Waals surface area contributed by atoms with Crippen LogP contribution in [-0.2, 0) is 17.0 Å². The number of hydrogen-bond donors (Lipinski definition) is 1. The molecule has 154 valence electrons. The second-order valence-corrected chi connectivity index (χ2v) is 7.46. The molecule has 1 aliphatic rings. The normalized spacial score (nSPS) is 18.6. The topological polar surface area (TPSA) is 63.6 Å². The van der Waals surface area contributed by atoms with E-state index in [1.54, 1.807) is 35.8 Å².